The zero-order valence-electron chi connectivity index (χ0n) is 20.9. The number of carbonyl (C=O) groups excluding carboxylic acids is 1. The van der Waals surface area contributed by atoms with Crippen LogP contribution < -0.4 is 10.3 Å². The maximum atomic E-state index is 14.3. The molecular formula is C30H30FN3O3. The van der Waals surface area contributed by atoms with E-state index in [1.165, 1.54) is 11.6 Å². The van der Waals surface area contributed by atoms with Crippen molar-refractivity contribution in [1.29, 1.82) is 0 Å². The molecule has 0 atom stereocenters. The lowest BCUT2D eigenvalue weighted by Gasteiger charge is -2.34. The minimum Gasteiger partial charge on any atom is -0.484 e. The highest BCUT2D eigenvalue weighted by Crippen LogP contribution is 2.24. The molecule has 1 aliphatic rings. The number of aromatic nitrogens is 1. The number of pyridine rings is 1. The lowest BCUT2D eigenvalue weighted by atomic mass is 10.1. The number of ether oxygens (including phenoxy) is 1. The number of rotatable bonds is 7. The van der Waals surface area contributed by atoms with Crippen LogP contribution in [-0.4, -0.2) is 53.1 Å². The molecule has 5 rings (SSSR count). The highest BCUT2D eigenvalue weighted by molar-refractivity contribution is 5.84. The number of carbonyl (C=O) groups is 1. The molecule has 190 valence electrons. The third-order valence-electron chi connectivity index (χ3n) is 6.91. The quantitative estimate of drug-likeness (QED) is 0.382. The Hall–Kier alpha value is -3.97. The number of piperazine rings is 1. The number of aryl methyl sites for hydroxylation is 1. The molecule has 0 aliphatic carbocycles. The Morgan fingerprint density at radius 1 is 0.892 bits per heavy atom. The average Bonchev–Trinajstić information content (AvgIpc) is 2.91. The van der Waals surface area contributed by atoms with E-state index in [1.807, 2.05) is 36.1 Å². The summed E-state index contributed by atoms with van der Waals surface area (Å²) >= 11 is 0. The SMILES string of the molecule is Cc1cc(=O)n(Cc2ccccc2F)c2cc(OCC(=O)N3CCN(Cc4ccccc4)CC3)ccc12. The molecule has 1 saturated heterocycles. The summed E-state index contributed by atoms with van der Waals surface area (Å²) in [5, 5.41) is 0.879. The van der Waals surface area contributed by atoms with Gasteiger partial charge in [-0.3, -0.25) is 14.5 Å². The van der Waals surface area contributed by atoms with Crippen LogP contribution in [0.3, 0.4) is 0 Å². The fraction of sp³-hybridized carbons (Fsp3) is 0.267. The van der Waals surface area contributed by atoms with Crippen molar-refractivity contribution in [2.24, 2.45) is 0 Å². The first-order chi connectivity index (χ1) is 18.0. The molecule has 0 bridgehead atoms. The minimum atomic E-state index is -0.356. The standard InChI is InChI=1S/C30H30FN3O3/c1-22-17-29(35)34(20-24-9-5-6-10-27(24)31)28-18-25(11-12-26(22)28)37-21-30(36)33-15-13-32(14-16-33)19-23-7-3-2-4-8-23/h2-12,17-18H,13-16,19-21H2,1H3. The molecule has 4 aromatic rings. The largest absolute Gasteiger partial charge is 0.484 e. The van der Waals surface area contributed by atoms with Gasteiger partial charge in [-0.1, -0.05) is 48.5 Å². The van der Waals surface area contributed by atoms with E-state index >= 15 is 0 Å². The first kappa shape index (κ1) is 24.7. The van der Waals surface area contributed by atoms with Gasteiger partial charge in [-0.15, -0.1) is 0 Å². The summed E-state index contributed by atoms with van der Waals surface area (Å²) < 4.78 is 21.7. The lowest BCUT2D eigenvalue weighted by molar-refractivity contribution is -0.135. The number of nitrogens with zero attached hydrogens (tertiary/aromatic N) is 3. The van der Waals surface area contributed by atoms with Crippen LogP contribution in [0, 0.1) is 12.7 Å². The number of amides is 1. The molecule has 6 nitrogen and oxygen atoms in total. The number of hydrogen-bond donors (Lipinski definition) is 0. The van der Waals surface area contributed by atoms with Crippen molar-refractivity contribution in [3.8, 4) is 5.75 Å². The predicted octanol–water partition coefficient (Wildman–Crippen LogP) is 4.22. The van der Waals surface area contributed by atoms with E-state index in [1.54, 1.807) is 41.0 Å². The maximum absolute atomic E-state index is 14.3. The molecule has 2 heterocycles. The van der Waals surface area contributed by atoms with Crippen LogP contribution in [-0.2, 0) is 17.9 Å². The normalized spacial score (nSPS) is 14.2. The van der Waals surface area contributed by atoms with Gasteiger partial charge in [0.1, 0.15) is 11.6 Å². The molecule has 1 aliphatic heterocycles. The summed E-state index contributed by atoms with van der Waals surface area (Å²) in [4.78, 5) is 29.9. The monoisotopic (exact) mass is 499 g/mol. The molecule has 0 spiro atoms. The van der Waals surface area contributed by atoms with Gasteiger partial charge in [0.25, 0.3) is 11.5 Å². The molecule has 3 aromatic carbocycles. The highest BCUT2D eigenvalue weighted by atomic mass is 19.1. The van der Waals surface area contributed by atoms with Gasteiger partial charge < -0.3 is 14.2 Å². The molecule has 37 heavy (non-hydrogen) atoms. The van der Waals surface area contributed by atoms with Gasteiger partial charge in [-0.25, -0.2) is 4.39 Å². The summed E-state index contributed by atoms with van der Waals surface area (Å²) in [7, 11) is 0. The molecular weight excluding hydrogens is 469 g/mol. The molecule has 0 saturated carbocycles. The van der Waals surface area contributed by atoms with Crippen molar-refractivity contribution in [2.75, 3.05) is 32.8 Å². The summed E-state index contributed by atoms with van der Waals surface area (Å²) in [6.45, 7) is 5.74. The molecule has 0 radical (unpaired) electrons. The molecule has 1 amide bonds. The van der Waals surface area contributed by atoms with Gasteiger partial charge in [0.15, 0.2) is 6.61 Å². The van der Waals surface area contributed by atoms with Gasteiger partial charge >= 0.3 is 0 Å². The van der Waals surface area contributed by atoms with Gasteiger partial charge in [0.2, 0.25) is 0 Å². The van der Waals surface area contributed by atoms with Gasteiger partial charge in [0, 0.05) is 55.8 Å². The van der Waals surface area contributed by atoms with E-state index in [4.69, 9.17) is 4.74 Å². The third-order valence-corrected chi connectivity index (χ3v) is 6.91. The van der Waals surface area contributed by atoms with E-state index in [2.05, 4.69) is 17.0 Å². The Morgan fingerprint density at radius 2 is 1.62 bits per heavy atom. The Morgan fingerprint density at radius 3 is 2.38 bits per heavy atom. The number of fused-ring (bicyclic) bond motifs is 1. The number of benzene rings is 3. The van der Waals surface area contributed by atoms with Crippen molar-refractivity contribution in [3.63, 3.8) is 0 Å². The highest BCUT2D eigenvalue weighted by Gasteiger charge is 2.21. The van der Waals surface area contributed by atoms with Crippen LogP contribution in [0.5, 0.6) is 5.75 Å². The van der Waals surface area contributed by atoms with Gasteiger partial charge in [-0.05, 0) is 36.2 Å². The Bertz CT molecular complexity index is 1460. The van der Waals surface area contributed by atoms with Crippen molar-refractivity contribution in [3.05, 3.63) is 112 Å². The van der Waals surface area contributed by atoms with Crippen LogP contribution in [0.25, 0.3) is 10.9 Å². The first-order valence-electron chi connectivity index (χ1n) is 12.5. The summed E-state index contributed by atoms with van der Waals surface area (Å²) in [6.07, 6.45) is 0. The lowest BCUT2D eigenvalue weighted by Crippen LogP contribution is -2.49. The molecule has 7 heteroatoms. The summed E-state index contributed by atoms with van der Waals surface area (Å²) in [5.41, 5.74) is 2.97. The molecule has 1 aromatic heterocycles. The van der Waals surface area contributed by atoms with Gasteiger partial charge in [0.05, 0.1) is 12.1 Å². The minimum absolute atomic E-state index is 0.0625. The Kier molecular flexibility index (Phi) is 7.32. The van der Waals surface area contributed by atoms with Crippen molar-refractivity contribution in [2.45, 2.75) is 20.0 Å². The second-order valence-corrected chi connectivity index (χ2v) is 9.45. The van der Waals surface area contributed by atoms with E-state index < -0.39 is 0 Å². The van der Waals surface area contributed by atoms with Crippen molar-refractivity contribution in [1.82, 2.24) is 14.4 Å². The van der Waals surface area contributed by atoms with Crippen LogP contribution >= 0.6 is 0 Å². The predicted molar refractivity (Wildman–Crippen MR) is 142 cm³/mol. The van der Waals surface area contributed by atoms with E-state index in [9.17, 15) is 14.0 Å². The van der Waals surface area contributed by atoms with E-state index in [-0.39, 0.29) is 30.4 Å². The zero-order chi connectivity index (χ0) is 25.8. The molecule has 0 unspecified atom stereocenters. The second-order valence-electron chi connectivity index (χ2n) is 9.45. The Labute approximate surface area is 215 Å². The van der Waals surface area contributed by atoms with Crippen LogP contribution in [0.4, 0.5) is 4.39 Å². The smallest absolute Gasteiger partial charge is 0.260 e. The summed E-state index contributed by atoms with van der Waals surface area (Å²) in [5.74, 6) is 0.0771. The average molecular weight is 500 g/mol. The van der Waals surface area contributed by atoms with E-state index in [0.29, 0.717) is 29.9 Å². The Balaban J connectivity index is 1.25. The van der Waals surface area contributed by atoms with Crippen LogP contribution in [0.15, 0.2) is 83.7 Å². The van der Waals surface area contributed by atoms with Gasteiger partial charge in [-0.2, -0.15) is 0 Å². The van der Waals surface area contributed by atoms with Crippen molar-refractivity contribution >= 4 is 16.8 Å². The third kappa shape index (κ3) is 5.73. The van der Waals surface area contributed by atoms with E-state index in [0.717, 1.165) is 30.6 Å². The fourth-order valence-corrected chi connectivity index (χ4v) is 4.81. The van der Waals surface area contributed by atoms with Crippen LogP contribution in [0.2, 0.25) is 0 Å². The fourth-order valence-electron chi connectivity index (χ4n) is 4.81. The van der Waals surface area contributed by atoms with Crippen molar-refractivity contribution < 1.29 is 13.9 Å². The first-order valence-corrected chi connectivity index (χ1v) is 12.5. The number of halogens is 1. The van der Waals surface area contributed by atoms with Crippen LogP contribution in [0.1, 0.15) is 16.7 Å². The molecule has 0 N–H and O–H groups in total. The topological polar surface area (TPSA) is 54.8 Å². The second kappa shape index (κ2) is 11.0. The zero-order valence-corrected chi connectivity index (χ0v) is 20.9. The molecule has 1 fully saturated rings. The number of hydrogen-bond acceptors (Lipinski definition) is 4. The summed E-state index contributed by atoms with van der Waals surface area (Å²) in [6, 6.07) is 23.8. The maximum Gasteiger partial charge on any atom is 0.260 e.